The molecule has 2 fully saturated rings. The van der Waals surface area contributed by atoms with Crippen molar-refractivity contribution in [3.8, 4) is 5.75 Å². The van der Waals surface area contributed by atoms with Crippen LogP contribution in [0.2, 0.25) is 0 Å². The van der Waals surface area contributed by atoms with Crippen LogP contribution in [0.3, 0.4) is 0 Å². The van der Waals surface area contributed by atoms with Crippen LogP contribution in [0.1, 0.15) is 56.9 Å². The Bertz CT molecular complexity index is 634. The standard InChI is InChI=1S/C24H39N3O3/c1-25-23(26-15-18-30-22-7-5-3-4-6-8-22)27-19-24(13-16-29-17-14-24)20-9-11-21(28-2)12-10-20/h9-12,22H,3-8,13-19H2,1-2H3,(H2,25,26,27). The highest BCUT2D eigenvalue weighted by atomic mass is 16.5. The van der Waals surface area contributed by atoms with E-state index in [1.165, 1.54) is 44.1 Å². The highest BCUT2D eigenvalue weighted by Gasteiger charge is 2.34. The molecule has 1 aromatic carbocycles. The Morgan fingerprint density at radius 3 is 2.40 bits per heavy atom. The summed E-state index contributed by atoms with van der Waals surface area (Å²) in [6.07, 6.45) is 10.2. The number of ether oxygens (including phenoxy) is 3. The van der Waals surface area contributed by atoms with Gasteiger partial charge < -0.3 is 24.8 Å². The van der Waals surface area contributed by atoms with Crippen molar-refractivity contribution >= 4 is 5.96 Å². The Hall–Kier alpha value is -1.79. The number of methoxy groups -OCH3 is 1. The summed E-state index contributed by atoms with van der Waals surface area (Å²) in [6, 6.07) is 8.46. The molecule has 0 bridgehead atoms. The molecule has 1 saturated heterocycles. The summed E-state index contributed by atoms with van der Waals surface area (Å²) in [5, 5.41) is 6.97. The molecule has 0 atom stereocenters. The van der Waals surface area contributed by atoms with E-state index in [1.54, 1.807) is 7.11 Å². The Morgan fingerprint density at radius 2 is 1.77 bits per heavy atom. The first-order valence-corrected chi connectivity index (χ1v) is 11.5. The maximum atomic E-state index is 6.09. The van der Waals surface area contributed by atoms with E-state index in [0.29, 0.717) is 6.10 Å². The van der Waals surface area contributed by atoms with Crippen LogP contribution in [0.5, 0.6) is 5.75 Å². The van der Waals surface area contributed by atoms with E-state index in [-0.39, 0.29) is 5.41 Å². The molecule has 1 saturated carbocycles. The summed E-state index contributed by atoms with van der Waals surface area (Å²) < 4.78 is 17.1. The lowest BCUT2D eigenvalue weighted by atomic mass is 9.74. The summed E-state index contributed by atoms with van der Waals surface area (Å²) in [4.78, 5) is 4.41. The van der Waals surface area contributed by atoms with Gasteiger partial charge in [0, 0.05) is 38.8 Å². The average Bonchev–Trinajstić information content (AvgIpc) is 3.08. The first-order chi connectivity index (χ1) is 14.8. The van der Waals surface area contributed by atoms with Crippen LogP contribution < -0.4 is 15.4 Å². The van der Waals surface area contributed by atoms with Gasteiger partial charge in [-0.3, -0.25) is 4.99 Å². The number of nitrogens with zero attached hydrogens (tertiary/aromatic N) is 1. The van der Waals surface area contributed by atoms with E-state index in [0.717, 1.165) is 57.5 Å². The zero-order valence-corrected chi connectivity index (χ0v) is 18.8. The van der Waals surface area contributed by atoms with Crippen molar-refractivity contribution in [2.75, 3.05) is 47.1 Å². The molecule has 6 nitrogen and oxygen atoms in total. The zero-order valence-electron chi connectivity index (χ0n) is 18.8. The van der Waals surface area contributed by atoms with Crippen LogP contribution in [-0.4, -0.2) is 59.1 Å². The minimum atomic E-state index is 0.0407. The largest absolute Gasteiger partial charge is 0.497 e. The normalized spacial score (nSPS) is 20.4. The molecule has 30 heavy (non-hydrogen) atoms. The Kier molecular flexibility index (Phi) is 9.27. The Morgan fingerprint density at radius 1 is 1.07 bits per heavy atom. The lowest BCUT2D eigenvalue weighted by Gasteiger charge is -2.38. The predicted molar refractivity (Wildman–Crippen MR) is 122 cm³/mol. The third-order valence-electron chi connectivity index (χ3n) is 6.52. The first-order valence-electron chi connectivity index (χ1n) is 11.5. The number of hydrogen-bond acceptors (Lipinski definition) is 4. The van der Waals surface area contributed by atoms with E-state index in [4.69, 9.17) is 14.2 Å². The predicted octanol–water partition coefficient (Wildman–Crippen LogP) is 3.65. The molecule has 6 heteroatoms. The maximum Gasteiger partial charge on any atom is 0.191 e. The van der Waals surface area contributed by atoms with Crippen molar-refractivity contribution in [2.24, 2.45) is 4.99 Å². The fourth-order valence-electron chi connectivity index (χ4n) is 4.55. The summed E-state index contributed by atoms with van der Waals surface area (Å²) in [5.74, 6) is 1.72. The molecule has 0 unspecified atom stereocenters. The van der Waals surface area contributed by atoms with Crippen molar-refractivity contribution in [2.45, 2.75) is 62.9 Å². The molecule has 0 radical (unpaired) electrons. The number of benzene rings is 1. The summed E-state index contributed by atoms with van der Waals surface area (Å²) in [5.41, 5.74) is 1.37. The van der Waals surface area contributed by atoms with Crippen molar-refractivity contribution in [1.82, 2.24) is 10.6 Å². The van der Waals surface area contributed by atoms with E-state index in [9.17, 15) is 0 Å². The summed E-state index contributed by atoms with van der Waals surface area (Å²) in [7, 11) is 3.53. The minimum absolute atomic E-state index is 0.0407. The molecular formula is C24H39N3O3. The van der Waals surface area contributed by atoms with Gasteiger partial charge in [-0.1, -0.05) is 37.8 Å². The summed E-state index contributed by atoms with van der Waals surface area (Å²) in [6.45, 7) is 3.90. The van der Waals surface area contributed by atoms with Crippen molar-refractivity contribution in [1.29, 1.82) is 0 Å². The van der Waals surface area contributed by atoms with Crippen LogP contribution in [0.15, 0.2) is 29.3 Å². The van der Waals surface area contributed by atoms with Crippen LogP contribution in [0.25, 0.3) is 0 Å². The minimum Gasteiger partial charge on any atom is -0.497 e. The van der Waals surface area contributed by atoms with Crippen LogP contribution >= 0.6 is 0 Å². The molecule has 2 N–H and O–H groups in total. The van der Waals surface area contributed by atoms with Gasteiger partial charge in [-0.15, -0.1) is 0 Å². The van der Waals surface area contributed by atoms with Gasteiger partial charge in [0.15, 0.2) is 5.96 Å². The van der Waals surface area contributed by atoms with Gasteiger partial charge in [0.2, 0.25) is 0 Å². The molecule has 1 aliphatic carbocycles. The molecule has 1 aliphatic heterocycles. The highest BCUT2D eigenvalue weighted by Crippen LogP contribution is 2.35. The molecule has 168 valence electrons. The Labute approximate surface area is 181 Å². The smallest absolute Gasteiger partial charge is 0.191 e. The van der Waals surface area contributed by atoms with E-state index < -0.39 is 0 Å². The van der Waals surface area contributed by atoms with Gasteiger partial charge in [0.25, 0.3) is 0 Å². The maximum absolute atomic E-state index is 6.09. The zero-order chi connectivity index (χ0) is 21.1. The first kappa shape index (κ1) is 22.9. The third-order valence-corrected chi connectivity index (χ3v) is 6.52. The quantitative estimate of drug-likeness (QED) is 0.293. The topological polar surface area (TPSA) is 64.1 Å². The van der Waals surface area contributed by atoms with E-state index in [1.807, 2.05) is 19.2 Å². The number of hydrogen-bond donors (Lipinski definition) is 2. The van der Waals surface area contributed by atoms with Crippen LogP contribution in [0, 0.1) is 0 Å². The molecule has 3 rings (SSSR count). The second-order valence-electron chi connectivity index (χ2n) is 8.46. The van der Waals surface area contributed by atoms with Gasteiger partial charge in [-0.25, -0.2) is 0 Å². The molecule has 0 amide bonds. The van der Waals surface area contributed by atoms with Gasteiger partial charge in [-0.2, -0.15) is 0 Å². The summed E-state index contributed by atoms with van der Waals surface area (Å²) >= 11 is 0. The second-order valence-corrected chi connectivity index (χ2v) is 8.46. The molecule has 1 heterocycles. The highest BCUT2D eigenvalue weighted by molar-refractivity contribution is 5.79. The third kappa shape index (κ3) is 6.61. The number of nitrogens with one attached hydrogen (secondary N) is 2. The van der Waals surface area contributed by atoms with Gasteiger partial charge >= 0.3 is 0 Å². The van der Waals surface area contributed by atoms with Crippen LogP contribution in [-0.2, 0) is 14.9 Å². The van der Waals surface area contributed by atoms with E-state index >= 15 is 0 Å². The van der Waals surface area contributed by atoms with Crippen molar-refractivity contribution < 1.29 is 14.2 Å². The fourth-order valence-corrected chi connectivity index (χ4v) is 4.55. The SMILES string of the molecule is CN=C(NCCOC1CCCCCC1)NCC1(c2ccc(OC)cc2)CCOCC1. The number of guanidine groups is 1. The lowest BCUT2D eigenvalue weighted by Crippen LogP contribution is -2.48. The van der Waals surface area contributed by atoms with E-state index in [2.05, 4.69) is 27.8 Å². The number of rotatable bonds is 8. The second kappa shape index (κ2) is 12.2. The number of aliphatic imine (C=N–C) groups is 1. The van der Waals surface area contributed by atoms with Crippen LogP contribution in [0.4, 0.5) is 0 Å². The van der Waals surface area contributed by atoms with Gasteiger partial charge in [0.05, 0.1) is 19.8 Å². The van der Waals surface area contributed by atoms with Gasteiger partial charge in [-0.05, 0) is 43.4 Å². The average molecular weight is 418 g/mol. The Balaban J connectivity index is 1.49. The van der Waals surface area contributed by atoms with Crippen molar-refractivity contribution in [3.05, 3.63) is 29.8 Å². The van der Waals surface area contributed by atoms with Crippen molar-refractivity contribution in [3.63, 3.8) is 0 Å². The molecule has 1 aromatic rings. The fraction of sp³-hybridized carbons (Fsp3) is 0.708. The molecular weight excluding hydrogens is 378 g/mol. The van der Waals surface area contributed by atoms with Gasteiger partial charge in [0.1, 0.15) is 5.75 Å². The molecule has 2 aliphatic rings. The lowest BCUT2D eigenvalue weighted by molar-refractivity contribution is 0.0465. The molecule has 0 aromatic heterocycles. The monoisotopic (exact) mass is 417 g/mol. The molecule has 0 spiro atoms.